The molecule has 3 atom stereocenters. The van der Waals surface area contributed by atoms with Gasteiger partial charge >= 0.3 is 0 Å². The van der Waals surface area contributed by atoms with Crippen LogP contribution in [0.1, 0.15) is 31.5 Å². The van der Waals surface area contributed by atoms with Gasteiger partial charge in [-0.05, 0) is 37.1 Å². The van der Waals surface area contributed by atoms with E-state index in [0.717, 1.165) is 36.1 Å². The number of para-hydroxylation sites is 2. The van der Waals surface area contributed by atoms with Crippen LogP contribution in [0.15, 0.2) is 30.3 Å². The molecule has 2 N–H and O–H groups in total. The Kier molecular flexibility index (Phi) is 3.65. The van der Waals surface area contributed by atoms with Crippen molar-refractivity contribution in [2.75, 3.05) is 0 Å². The molecule has 5 heteroatoms. The topological polar surface area (TPSA) is 59.0 Å². The van der Waals surface area contributed by atoms with Gasteiger partial charge in [0, 0.05) is 13.1 Å². The highest BCUT2D eigenvalue weighted by Gasteiger charge is 2.36. The van der Waals surface area contributed by atoms with Crippen LogP contribution in [-0.4, -0.2) is 27.7 Å². The molecule has 1 aliphatic carbocycles. The average molecular weight is 310 g/mol. The quantitative estimate of drug-likeness (QED) is 0.894. The van der Waals surface area contributed by atoms with Crippen molar-refractivity contribution in [2.24, 2.45) is 13.0 Å². The Bertz CT molecular complexity index is 763. The highest BCUT2D eigenvalue weighted by atomic mass is 16.2. The van der Waals surface area contributed by atoms with E-state index >= 15 is 0 Å². The zero-order valence-corrected chi connectivity index (χ0v) is 13.3. The van der Waals surface area contributed by atoms with Gasteiger partial charge in [-0.25, -0.2) is 4.98 Å². The molecule has 1 amide bonds. The summed E-state index contributed by atoms with van der Waals surface area (Å²) in [4.78, 5) is 16.9. The average Bonchev–Trinajstić information content (AvgIpc) is 2.90. The predicted molar refractivity (Wildman–Crippen MR) is 90.6 cm³/mol. The lowest BCUT2D eigenvalue weighted by molar-refractivity contribution is -0.130. The van der Waals surface area contributed by atoms with Crippen molar-refractivity contribution in [1.29, 1.82) is 0 Å². The van der Waals surface area contributed by atoms with Crippen LogP contribution in [0.3, 0.4) is 0 Å². The van der Waals surface area contributed by atoms with Gasteiger partial charge < -0.3 is 9.88 Å². The van der Waals surface area contributed by atoms with E-state index in [1.807, 2.05) is 37.4 Å². The van der Waals surface area contributed by atoms with Gasteiger partial charge in [-0.1, -0.05) is 25.0 Å². The van der Waals surface area contributed by atoms with Crippen molar-refractivity contribution in [2.45, 2.75) is 37.9 Å². The third-order valence-electron chi connectivity index (χ3n) is 5.05. The van der Waals surface area contributed by atoms with Crippen LogP contribution < -0.4 is 10.6 Å². The summed E-state index contributed by atoms with van der Waals surface area (Å²) in [5.74, 6) is 1.23. The van der Waals surface area contributed by atoms with Gasteiger partial charge in [-0.15, -0.1) is 0 Å². The number of amides is 1. The standard InChI is InChI=1S/C18H22N4O/c1-22-15-9-5-4-8-14(15)20-17(22)11-10-16-19-13-7-3-2-6-12(13)18(23)21-16/h4-5,8-13,16,19H,2-3,6-7H2,1H3,(H,21,23)/b11-10+. The van der Waals surface area contributed by atoms with Crippen LogP contribution in [0.25, 0.3) is 17.1 Å². The van der Waals surface area contributed by atoms with Gasteiger partial charge in [0.2, 0.25) is 5.91 Å². The van der Waals surface area contributed by atoms with Crippen molar-refractivity contribution in [1.82, 2.24) is 20.2 Å². The minimum Gasteiger partial charge on any atom is -0.337 e. The fourth-order valence-electron chi connectivity index (χ4n) is 3.78. The maximum absolute atomic E-state index is 12.3. The number of aromatic nitrogens is 2. The van der Waals surface area contributed by atoms with Gasteiger partial charge in [0.15, 0.2) is 0 Å². The third kappa shape index (κ3) is 2.65. The number of hydrogen-bond donors (Lipinski definition) is 2. The SMILES string of the molecule is Cn1c(/C=C/C2NC(=O)C3CCCCC3N2)nc2ccccc21. The smallest absolute Gasteiger partial charge is 0.226 e. The molecule has 1 saturated carbocycles. The Morgan fingerprint density at radius 1 is 1.26 bits per heavy atom. The Balaban J connectivity index is 1.53. The number of benzene rings is 1. The first-order valence-corrected chi connectivity index (χ1v) is 8.38. The Hall–Kier alpha value is -2.14. The van der Waals surface area contributed by atoms with E-state index in [4.69, 9.17) is 0 Å². The summed E-state index contributed by atoms with van der Waals surface area (Å²) in [6, 6.07) is 8.40. The monoisotopic (exact) mass is 310 g/mol. The number of fused-ring (bicyclic) bond motifs is 2. The number of carbonyl (C=O) groups excluding carboxylic acids is 1. The summed E-state index contributed by atoms with van der Waals surface area (Å²) in [7, 11) is 2.01. The van der Waals surface area contributed by atoms with Gasteiger partial charge in [-0.3, -0.25) is 10.1 Å². The van der Waals surface area contributed by atoms with E-state index in [-0.39, 0.29) is 18.0 Å². The van der Waals surface area contributed by atoms with E-state index in [2.05, 4.69) is 26.3 Å². The minimum atomic E-state index is -0.110. The second-order valence-electron chi connectivity index (χ2n) is 6.53. The van der Waals surface area contributed by atoms with Crippen molar-refractivity contribution in [3.05, 3.63) is 36.2 Å². The first-order chi connectivity index (χ1) is 11.2. The molecule has 2 fully saturated rings. The number of nitrogens with zero attached hydrogens (tertiary/aromatic N) is 2. The molecule has 1 aromatic heterocycles. The van der Waals surface area contributed by atoms with Crippen molar-refractivity contribution < 1.29 is 4.79 Å². The molecule has 23 heavy (non-hydrogen) atoms. The molecule has 5 nitrogen and oxygen atoms in total. The molecule has 1 saturated heterocycles. The van der Waals surface area contributed by atoms with Gasteiger partial charge in [0.25, 0.3) is 0 Å². The number of carbonyl (C=O) groups is 1. The van der Waals surface area contributed by atoms with Crippen LogP contribution in [0.4, 0.5) is 0 Å². The lowest BCUT2D eigenvalue weighted by atomic mass is 9.82. The van der Waals surface area contributed by atoms with Gasteiger partial charge in [0.1, 0.15) is 5.82 Å². The normalized spacial score (nSPS) is 28.0. The van der Waals surface area contributed by atoms with Gasteiger partial charge in [-0.2, -0.15) is 0 Å². The Labute approximate surface area is 135 Å². The molecule has 0 radical (unpaired) electrons. The molecule has 1 aromatic carbocycles. The van der Waals surface area contributed by atoms with Crippen molar-refractivity contribution in [3.63, 3.8) is 0 Å². The maximum atomic E-state index is 12.3. The van der Waals surface area contributed by atoms with Crippen molar-refractivity contribution >= 4 is 23.0 Å². The highest BCUT2D eigenvalue weighted by Crippen LogP contribution is 2.27. The second-order valence-corrected chi connectivity index (χ2v) is 6.53. The number of aryl methyl sites for hydroxylation is 1. The molecule has 3 unspecified atom stereocenters. The molecule has 2 aliphatic rings. The Morgan fingerprint density at radius 2 is 2.09 bits per heavy atom. The lowest BCUT2D eigenvalue weighted by Gasteiger charge is -2.39. The molecule has 2 heterocycles. The molecular weight excluding hydrogens is 288 g/mol. The molecular formula is C18H22N4O. The summed E-state index contributed by atoms with van der Waals surface area (Å²) in [5.41, 5.74) is 2.10. The highest BCUT2D eigenvalue weighted by molar-refractivity contribution is 5.81. The fourth-order valence-corrected chi connectivity index (χ4v) is 3.78. The zero-order valence-electron chi connectivity index (χ0n) is 13.3. The molecule has 0 spiro atoms. The van der Waals surface area contributed by atoms with Crippen LogP contribution in [0, 0.1) is 5.92 Å². The zero-order chi connectivity index (χ0) is 15.8. The number of hydrogen-bond acceptors (Lipinski definition) is 3. The molecule has 4 rings (SSSR count). The molecule has 1 aliphatic heterocycles. The first kappa shape index (κ1) is 14.5. The largest absolute Gasteiger partial charge is 0.337 e. The van der Waals surface area contributed by atoms with Crippen LogP contribution in [0.2, 0.25) is 0 Å². The molecule has 2 aromatic rings. The second kappa shape index (κ2) is 5.81. The van der Waals surface area contributed by atoms with Crippen molar-refractivity contribution in [3.8, 4) is 0 Å². The van der Waals surface area contributed by atoms with E-state index in [1.165, 1.54) is 6.42 Å². The molecule has 120 valence electrons. The fraction of sp³-hybridized carbons (Fsp3) is 0.444. The summed E-state index contributed by atoms with van der Waals surface area (Å²) < 4.78 is 2.07. The predicted octanol–water partition coefficient (Wildman–Crippen LogP) is 2.19. The summed E-state index contributed by atoms with van der Waals surface area (Å²) >= 11 is 0. The van der Waals surface area contributed by atoms with Crippen LogP contribution >= 0.6 is 0 Å². The minimum absolute atomic E-state index is 0.110. The van der Waals surface area contributed by atoms with E-state index < -0.39 is 0 Å². The first-order valence-electron chi connectivity index (χ1n) is 8.38. The van der Waals surface area contributed by atoms with E-state index in [0.29, 0.717) is 6.04 Å². The summed E-state index contributed by atoms with van der Waals surface area (Å²) in [6.07, 6.45) is 8.35. The lowest BCUT2D eigenvalue weighted by Crippen LogP contribution is -2.61. The van der Waals surface area contributed by atoms with Crippen LogP contribution in [-0.2, 0) is 11.8 Å². The van der Waals surface area contributed by atoms with E-state index in [1.54, 1.807) is 0 Å². The summed E-state index contributed by atoms with van der Waals surface area (Å²) in [6.45, 7) is 0. The summed E-state index contributed by atoms with van der Waals surface area (Å²) in [5, 5.41) is 6.62. The Morgan fingerprint density at radius 3 is 2.96 bits per heavy atom. The third-order valence-corrected chi connectivity index (χ3v) is 5.05. The number of imidazole rings is 1. The molecule has 0 bridgehead atoms. The van der Waals surface area contributed by atoms with E-state index in [9.17, 15) is 4.79 Å². The maximum Gasteiger partial charge on any atom is 0.226 e. The van der Waals surface area contributed by atoms with Gasteiger partial charge in [0.05, 0.1) is 23.1 Å². The number of nitrogens with one attached hydrogen (secondary N) is 2. The van der Waals surface area contributed by atoms with Crippen LogP contribution in [0.5, 0.6) is 0 Å². The number of rotatable bonds is 2.